The molecule has 0 bridgehead atoms. The molecule has 6 heteroatoms. The van der Waals surface area contributed by atoms with Crippen molar-refractivity contribution in [3.63, 3.8) is 0 Å². The number of ether oxygens (including phenoxy) is 3. The minimum absolute atomic E-state index is 0.121. The van der Waals surface area contributed by atoms with Crippen molar-refractivity contribution in [1.29, 1.82) is 0 Å². The summed E-state index contributed by atoms with van der Waals surface area (Å²) in [6.07, 6.45) is 10.5. The molecule has 0 saturated heterocycles. The fourth-order valence-electron chi connectivity index (χ4n) is 2.25. The molecule has 0 aliphatic heterocycles. The lowest BCUT2D eigenvalue weighted by Gasteiger charge is -2.12. The average Bonchev–Trinajstić information content (AvgIpc) is 2.72. The number of rotatable bonds is 14. The highest BCUT2D eigenvalue weighted by Gasteiger charge is 2.08. The molecule has 0 fully saturated rings. The van der Waals surface area contributed by atoms with Gasteiger partial charge >= 0.3 is 11.9 Å². The van der Waals surface area contributed by atoms with Gasteiger partial charge in [-0.2, -0.15) is 0 Å². The summed E-state index contributed by atoms with van der Waals surface area (Å²) in [4.78, 5) is 22.8. The van der Waals surface area contributed by atoms with Crippen LogP contribution in [-0.4, -0.2) is 36.5 Å². The normalized spacial score (nSPS) is 12.2. The average molecular weight is 402 g/mol. The zero-order chi connectivity index (χ0) is 21.3. The van der Waals surface area contributed by atoms with Crippen molar-refractivity contribution >= 4 is 18.0 Å². The van der Waals surface area contributed by atoms with E-state index >= 15 is 0 Å². The number of hydrogen-bond donors (Lipinski definition) is 1. The van der Waals surface area contributed by atoms with Crippen LogP contribution in [0.15, 0.2) is 55.1 Å². The molecule has 1 unspecified atom stereocenters. The molecule has 0 saturated carbocycles. The van der Waals surface area contributed by atoms with Gasteiger partial charge in [0.2, 0.25) is 0 Å². The van der Waals surface area contributed by atoms with Gasteiger partial charge in [0, 0.05) is 12.8 Å². The van der Waals surface area contributed by atoms with Crippen LogP contribution in [0.4, 0.5) is 0 Å². The molecule has 29 heavy (non-hydrogen) atoms. The summed E-state index contributed by atoms with van der Waals surface area (Å²) in [6.45, 7) is 5.57. The largest absolute Gasteiger partial charge is 0.463 e. The molecule has 1 atom stereocenters. The zero-order valence-corrected chi connectivity index (χ0v) is 16.9. The second-order valence-corrected chi connectivity index (χ2v) is 6.17. The Morgan fingerprint density at radius 3 is 2.52 bits per heavy atom. The lowest BCUT2D eigenvalue weighted by molar-refractivity contribution is -0.151. The maximum Gasteiger partial charge on any atom is 0.311 e. The Bertz CT molecular complexity index is 675. The predicted molar refractivity (Wildman–Crippen MR) is 112 cm³/mol. The van der Waals surface area contributed by atoms with E-state index < -0.39 is 6.29 Å². The van der Waals surface area contributed by atoms with E-state index in [0.717, 1.165) is 5.56 Å². The summed E-state index contributed by atoms with van der Waals surface area (Å²) >= 11 is 0. The Morgan fingerprint density at radius 1 is 1.07 bits per heavy atom. The molecule has 0 aromatic heterocycles. The number of carbonyl (C=O) groups excluding carboxylic acids is 2. The van der Waals surface area contributed by atoms with Gasteiger partial charge in [0.05, 0.1) is 6.61 Å². The molecule has 1 rings (SSSR count). The van der Waals surface area contributed by atoms with E-state index in [1.807, 2.05) is 36.4 Å². The summed E-state index contributed by atoms with van der Waals surface area (Å²) in [6, 6.07) is 7.23. The van der Waals surface area contributed by atoms with Crippen molar-refractivity contribution in [3.8, 4) is 5.75 Å². The van der Waals surface area contributed by atoms with E-state index in [-0.39, 0.29) is 31.6 Å². The van der Waals surface area contributed by atoms with E-state index in [9.17, 15) is 14.7 Å². The SMILES string of the molecule is C=C/C=C\C=C\c1ccc(OC(=O)CCCCC(O)OCCOC(=O)CC)cc1. The van der Waals surface area contributed by atoms with Gasteiger partial charge in [0.25, 0.3) is 0 Å². The first-order valence-electron chi connectivity index (χ1n) is 9.77. The topological polar surface area (TPSA) is 82.1 Å². The van der Waals surface area contributed by atoms with Gasteiger partial charge in [-0.05, 0) is 37.0 Å². The quantitative estimate of drug-likeness (QED) is 0.165. The zero-order valence-electron chi connectivity index (χ0n) is 16.9. The summed E-state index contributed by atoms with van der Waals surface area (Å²) in [5.41, 5.74) is 0.997. The molecule has 1 aromatic rings. The maximum absolute atomic E-state index is 11.9. The van der Waals surface area contributed by atoms with Crippen molar-refractivity contribution in [1.82, 2.24) is 0 Å². The molecule has 0 amide bonds. The second kappa shape index (κ2) is 15.2. The summed E-state index contributed by atoms with van der Waals surface area (Å²) in [7, 11) is 0. The number of aliphatic hydroxyl groups is 1. The Hall–Kier alpha value is -2.70. The number of carbonyl (C=O) groups is 2. The lowest BCUT2D eigenvalue weighted by Crippen LogP contribution is -2.17. The molecule has 1 aromatic carbocycles. The number of esters is 2. The third kappa shape index (κ3) is 12.4. The number of aliphatic hydroxyl groups excluding tert-OH is 1. The van der Waals surface area contributed by atoms with Crippen LogP contribution >= 0.6 is 0 Å². The van der Waals surface area contributed by atoms with Gasteiger partial charge < -0.3 is 19.3 Å². The molecule has 0 heterocycles. The van der Waals surface area contributed by atoms with Crippen LogP contribution in [0, 0.1) is 0 Å². The van der Waals surface area contributed by atoms with E-state index in [2.05, 4.69) is 6.58 Å². The van der Waals surface area contributed by atoms with Crippen molar-refractivity contribution in [2.45, 2.75) is 45.3 Å². The van der Waals surface area contributed by atoms with E-state index in [1.165, 1.54) is 0 Å². The van der Waals surface area contributed by atoms with Crippen molar-refractivity contribution in [3.05, 3.63) is 60.7 Å². The van der Waals surface area contributed by atoms with Crippen molar-refractivity contribution in [2.24, 2.45) is 0 Å². The number of benzene rings is 1. The second-order valence-electron chi connectivity index (χ2n) is 6.17. The molecular formula is C23H30O6. The van der Waals surface area contributed by atoms with Crippen LogP contribution in [0.5, 0.6) is 5.75 Å². The van der Waals surface area contributed by atoms with Gasteiger partial charge in [-0.25, -0.2) is 0 Å². The molecule has 0 radical (unpaired) electrons. The Kier molecular flexibility index (Phi) is 12.8. The predicted octanol–water partition coefficient (Wildman–Crippen LogP) is 4.20. The highest BCUT2D eigenvalue weighted by molar-refractivity contribution is 5.72. The standard InChI is InChI=1S/C23H30O6/c1-3-5-6-7-10-19-13-15-20(16-14-19)29-23(26)12-9-8-11-22(25)28-18-17-27-21(24)4-2/h3,5-7,10,13-16,22,25H,1,4,8-9,11-12,17-18H2,2H3/b6-5-,10-7+. The maximum atomic E-state index is 11.9. The molecule has 0 aliphatic carbocycles. The van der Waals surface area contributed by atoms with Gasteiger partial charge in [-0.3, -0.25) is 9.59 Å². The Morgan fingerprint density at radius 2 is 1.83 bits per heavy atom. The van der Waals surface area contributed by atoms with Crippen LogP contribution in [0.3, 0.4) is 0 Å². The van der Waals surface area contributed by atoms with Gasteiger partial charge in [0.1, 0.15) is 12.4 Å². The number of allylic oxidation sites excluding steroid dienone is 4. The third-order valence-electron chi connectivity index (χ3n) is 3.79. The molecule has 0 aliphatic rings. The van der Waals surface area contributed by atoms with Crippen molar-refractivity contribution < 1.29 is 28.9 Å². The van der Waals surface area contributed by atoms with Gasteiger partial charge in [-0.1, -0.05) is 56.0 Å². The third-order valence-corrected chi connectivity index (χ3v) is 3.79. The monoisotopic (exact) mass is 402 g/mol. The van der Waals surface area contributed by atoms with Crippen LogP contribution in [0.1, 0.15) is 44.6 Å². The smallest absolute Gasteiger partial charge is 0.311 e. The minimum atomic E-state index is -0.937. The van der Waals surface area contributed by atoms with Crippen LogP contribution < -0.4 is 4.74 Å². The summed E-state index contributed by atoms with van der Waals surface area (Å²) < 4.78 is 15.3. The van der Waals surface area contributed by atoms with E-state index in [4.69, 9.17) is 14.2 Å². The molecule has 0 spiro atoms. The molecule has 6 nitrogen and oxygen atoms in total. The van der Waals surface area contributed by atoms with Crippen LogP contribution in [0.2, 0.25) is 0 Å². The van der Waals surface area contributed by atoms with Crippen LogP contribution in [0.25, 0.3) is 6.08 Å². The molecule has 158 valence electrons. The fourth-order valence-corrected chi connectivity index (χ4v) is 2.25. The first-order chi connectivity index (χ1) is 14.0. The first-order valence-corrected chi connectivity index (χ1v) is 9.77. The van der Waals surface area contributed by atoms with Crippen LogP contribution in [-0.2, 0) is 19.1 Å². The molecular weight excluding hydrogens is 372 g/mol. The Balaban J connectivity index is 2.17. The highest BCUT2D eigenvalue weighted by Crippen LogP contribution is 2.15. The Labute approximate surface area is 172 Å². The van der Waals surface area contributed by atoms with Gasteiger partial charge in [0.15, 0.2) is 6.29 Å². The highest BCUT2D eigenvalue weighted by atomic mass is 16.6. The number of hydrogen-bond acceptors (Lipinski definition) is 6. The van der Waals surface area contributed by atoms with Crippen molar-refractivity contribution in [2.75, 3.05) is 13.2 Å². The summed E-state index contributed by atoms with van der Waals surface area (Å²) in [5.74, 6) is -0.115. The molecule has 1 N–H and O–H groups in total. The van der Waals surface area contributed by atoms with E-state index in [0.29, 0.717) is 31.4 Å². The lowest BCUT2D eigenvalue weighted by atomic mass is 10.2. The van der Waals surface area contributed by atoms with Gasteiger partial charge in [-0.15, -0.1) is 0 Å². The van der Waals surface area contributed by atoms with E-state index in [1.54, 1.807) is 25.1 Å². The summed E-state index contributed by atoms with van der Waals surface area (Å²) in [5, 5.41) is 9.70. The minimum Gasteiger partial charge on any atom is -0.463 e. The number of unbranched alkanes of at least 4 members (excludes halogenated alkanes) is 1. The fraction of sp³-hybridized carbons (Fsp3) is 0.391. The first kappa shape index (κ1) is 24.3.